The Hall–Kier alpha value is -1.65. The first-order valence-corrected chi connectivity index (χ1v) is 6.58. The molecule has 0 spiro atoms. The largest absolute Gasteiger partial charge is 0.480 e. The van der Waals surface area contributed by atoms with Crippen LogP contribution >= 0.6 is 0 Å². The van der Waals surface area contributed by atoms with Gasteiger partial charge >= 0.3 is 5.97 Å². The second-order valence-corrected chi connectivity index (χ2v) is 4.35. The van der Waals surface area contributed by atoms with Crippen molar-refractivity contribution in [2.24, 2.45) is 5.92 Å². The summed E-state index contributed by atoms with van der Waals surface area (Å²) in [7, 11) is 0. The summed E-state index contributed by atoms with van der Waals surface area (Å²) >= 11 is 0. The molecule has 2 atom stereocenters. The van der Waals surface area contributed by atoms with Gasteiger partial charge < -0.3 is 10.4 Å². The average Bonchev–Trinajstić information content (AvgIpc) is 2.38. The molecule has 1 amide bonds. The summed E-state index contributed by atoms with van der Waals surface area (Å²) in [5.41, 5.74) is 0. The van der Waals surface area contributed by atoms with Crippen LogP contribution in [-0.4, -0.2) is 29.3 Å². The molecule has 107 valence electrons. The van der Waals surface area contributed by atoms with E-state index in [4.69, 9.17) is 5.11 Å². The zero-order valence-electron chi connectivity index (χ0n) is 11.5. The highest BCUT2D eigenvalue weighted by molar-refractivity contribution is 5.83. The van der Waals surface area contributed by atoms with Crippen molar-refractivity contribution in [2.45, 2.75) is 52.0 Å². The van der Waals surface area contributed by atoms with Crippen molar-refractivity contribution in [3.8, 4) is 0 Å². The molecule has 19 heavy (non-hydrogen) atoms. The smallest absolute Gasteiger partial charge is 0.326 e. The van der Waals surface area contributed by atoms with Crippen LogP contribution in [0.3, 0.4) is 0 Å². The average molecular weight is 268 g/mol. The molecule has 0 aromatic heterocycles. The number of rotatable bonds is 10. The highest BCUT2D eigenvalue weighted by Gasteiger charge is 2.20. The first-order chi connectivity index (χ1) is 9.04. The van der Waals surface area contributed by atoms with Crippen LogP contribution in [0.1, 0.15) is 46.0 Å². The topological polar surface area (TPSA) is 83.5 Å². The van der Waals surface area contributed by atoms with Gasteiger partial charge in [0.1, 0.15) is 6.04 Å². The van der Waals surface area contributed by atoms with Crippen molar-refractivity contribution >= 4 is 18.2 Å². The number of aliphatic carboxylic acids is 1. The fourth-order valence-electron chi connectivity index (χ4n) is 1.63. The van der Waals surface area contributed by atoms with Gasteiger partial charge in [0.05, 0.1) is 0 Å². The van der Waals surface area contributed by atoms with E-state index in [-0.39, 0.29) is 31.1 Å². The van der Waals surface area contributed by atoms with Crippen LogP contribution in [0.15, 0.2) is 12.2 Å². The minimum atomic E-state index is -1.12. The van der Waals surface area contributed by atoms with Crippen LogP contribution in [0, 0.1) is 5.92 Å². The van der Waals surface area contributed by atoms with E-state index in [1.165, 1.54) is 0 Å². The SMILES string of the molecule is CC/C=C/C(CC)CC(=O)N[C@H](CC[C]=O)C(=O)O. The summed E-state index contributed by atoms with van der Waals surface area (Å²) in [6, 6.07) is -1.01. The van der Waals surface area contributed by atoms with E-state index in [1.54, 1.807) is 6.29 Å². The molecule has 0 saturated carbocycles. The van der Waals surface area contributed by atoms with Crippen molar-refractivity contribution in [3.63, 3.8) is 0 Å². The third kappa shape index (κ3) is 8.13. The number of hydrogen-bond acceptors (Lipinski definition) is 3. The van der Waals surface area contributed by atoms with Crippen LogP contribution < -0.4 is 5.32 Å². The monoisotopic (exact) mass is 268 g/mol. The summed E-state index contributed by atoms with van der Waals surface area (Å²) in [6.45, 7) is 3.99. The molecule has 0 aliphatic carbocycles. The van der Waals surface area contributed by atoms with Crippen LogP contribution in [0.5, 0.6) is 0 Å². The molecule has 0 saturated heterocycles. The van der Waals surface area contributed by atoms with Crippen molar-refractivity contribution < 1.29 is 19.5 Å². The van der Waals surface area contributed by atoms with Gasteiger partial charge in [-0.05, 0) is 25.2 Å². The second kappa shape index (κ2) is 10.3. The molecule has 0 aliphatic heterocycles. The number of carboxylic acid groups (broad SMARTS) is 1. The van der Waals surface area contributed by atoms with Crippen LogP contribution in [0.4, 0.5) is 0 Å². The van der Waals surface area contributed by atoms with Gasteiger partial charge in [0.2, 0.25) is 5.91 Å². The van der Waals surface area contributed by atoms with E-state index in [9.17, 15) is 14.4 Å². The Kier molecular flexibility index (Phi) is 9.40. The number of amides is 1. The molecule has 0 aromatic rings. The lowest BCUT2D eigenvalue weighted by Crippen LogP contribution is -2.41. The number of hydrogen-bond donors (Lipinski definition) is 2. The highest BCUT2D eigenvalue weighted by Crippen LogP contribution is 2.11. The second-order valence-electron chi connectivity index (χ2n) is 4.35. The van der Waals surface area contributed by atoms with Gasteiger partial charge in [-0.3, -0.25) is 9.59 Å². The Morgan fingerprint density at radius 1 is 1.37 bits per heavy atom. The molecular formula is C14H22NO4. The Balaban J connectivity index is 4.34. The highest BCUT2D eigenvalue weighted by atomic mass is 16.4. The summed E-state index contributed by atoms with van der Waals surface area (Å²) < 4.78 is 0. The summed E-state index contributed by atoms with van der Waals surface area (Å²) in [6.07, 6.45) is 7.68. The molecule has 0 fully saturated rings. The first-order valence-electron chi connectivity index (χ1n) is 6.58. The Labute approximate surface area is 114 Å². The number of allylic oxidation sites excluding steroid dienone is 2. The van der Waals surface area contributed by atoms with E-state index < -0.39 is 12.0 Å². The van der Waals surface area contributed by atoms with Gasteiger partial charge in [0, 0.05) is 12.8 Å². The van der Waals surface area contributed by atoms with Crippen molar-refractivity contribution in [1.29, 1.82) is 0 Å². The molecule has 0 aromatic carbocycles. The number of carbonyl (C=O) groups excluding carboxylic acids is 2. The van der Waals surface area contributed by atoms with Gasteiger partial charge in [0.25, 0.3) is 0 Å². The lowest BCUT2D eigenvalue weighted by molar-refractivity contribution is -0.142. The Morgan fingerprint density at radius 3 is 2.53 bits per heavy atom. The molecule has 1 unspecified atom stereocenters. The Morgan fingerprint density at radius 2 is 2.05 bits per heavy atom. The number of carbonyl (C=O) groups is 2. The van der Waals surface area contributed by atoms with Crippen LogP contribution in [0.25, 0.3) is 0 Å². The lowest BCUT2D eigenvalue weighted by atomic mass is 10.0. The van der Waals surface area contributed by atoms with Gasteiger partial charge in [-0.25, -0.2) is 4.79 Å². The maximum atomic E-state index is 11.7. The van der Waals surface area contributed by atoms with E-state index in [2.05, 4.69) is 5.32 Å². The predicted octanol–water partition coefficient (Wildman–Crippen LogP) is 1.83. The molecule has 0 heterocycles. The molecule has 0 rings (SSSR count). The van der Waals surface area contributed by atoms with Crippen LogP contribution in [-0.2, 0) is 14.4 Å². The van der Waals surface area contributed by atoms with E-state index in [0.717, 1.165) is 12.8 Å². The zero-order chi connectivity index (χ0) is 14.7. The molecule has 5 nitrogen and oxygen atoms in total. The summed E-state index contributed by atoms with van der Waals surface area (Å²) in [5, 5.41) is 11.4. The lowest BCUT2D eigenvalue weighted by Gasteiger charge is -2.15. The van der Waals surface area contributed by atoms with Gasteiger partial charge in [0.15, 0.2) is 6.29 Å². The normalized spacial score (nSPS) is 14.0. The van der Waals surface area contributed by atoms with E-state index in [1.807, 2.05) is 26.0 Å². The minimum absolute atomic E-state index is 0.00416. The number of nitrogens with one attached hydrogen (secondary N) is 1. The molecule has 2 N–H and O–H groups in total. The fraction of sp³-hybridized carbons (Fsp3) is 0.643. The maximum Gasteiger partial charge on any atom is 0.326 e. The summed E-state index contributed by atoms with van der Waals surface area (Å²) in [4.78, 5) is 32.8. The third-order valence-corrected chi connectivity index (χ3v) is 2.78. The fourth-order valence-corrected chi connectivity index (χ4v) is 1.63. The van der Waals surface area contributed by atoms with E-state index >= 15 is 0 Å². The first kappa shape index (κ1) is 17.4. The molecule has 1 radical (unpaired) electrons. The van der Waals surface area contributed by atoms with Crippen molar-refractivity contribution in [3.05, 3.63) is 12.2 Å². The predicted molar refractivity (Wildman–Crippen MR) is 72.3 cm³/mol. The molecule has 0 aliphatic rings. The Bertz CT molecular complexity index is 325. The van der Waals surface area contributed by atoms with E-state index in [0.29, 0.717) is 0 Å². The van der Waals surface area contributed by atoms with Crippen molar-refractivity contribution in [1.82, 2.24) is 5.32 Å². The van der Waals surface area contributed by atoms with Gasteiger partial charge in [-0.15, -0.1) is 0 Å². The number of carboxylic acids is 1. The summed E-state index contributed by atoms with van der Waals surface area (Å²) in [5.74, 6) is -1.31. The maximum absolute atomic E-state index is 11.7. The molecular weight excluding hydrogens is 246 g/mol. The quantitative estimate of drug-likeness (QED) is 0.592. The van der Waals surface area contributed by atoms with Crippen LogP contribution in [0.2, 0.25) is 0 Å². The van der Waals surface area contributed by atoms with Gasteiger partial charge in [-0.2, -0.15) is 0 Å². The van der Waals surface area contributed by atoms with Crippen molar-refractivity contribution in [2.75, 3.05) is 0 Å². The minimum Gasteiger partial charge on any atom is -0.480 e. The standard InChI is InChI=1S/C14H22NO4/c1-3-5-7-11(4-2)10-13(17)15-12(14(18)19)8-6-9-16/h5,7,11-12H,3-4,6,8,10H2,1-2H3,(H,15,17)(H,18,19)/b7-5+/t11?,12-/m1/s1. The molecule has 0 bridgehead atoms. The zero-order valence-corrected chi connectivity index (χ0v) is 11.5. The van der Waals surface area contributed by atoms with Gasteiger partial charge in [-0.1, -0.05) is 26.0 Å². The molecule has 5 heteroatoms. The third-order valence-electron chi connectivity index (χ3n) is 2.78.